The lowest BCUT2D eigenvalue weighted by atomic mass is 9.89. The number of hydrogen-bond donors (Lipinski definition) is 1. The van der Waals surface area contributed by atoms with Gasteiger partial charge in [0.15, 0.2) is 0 Å². The molecule has 0 fully saturated rings. The molecule has 1 atom stereocenters. The van der Waals surface area contributed by atoms with Crippen molar-refractivity contribution in [2.75, 3.05) is 5.32 Å². The van der Waals surface area contributed by atoms with E-state index in [9.17, 15) is 10.1 Å². The average Bonchev–Trinajstić information content (AvgIpc) is 3.11. The molecule has 5 heteroatoms. The van der Waals surface area contributed by atoms with Gasteiger partial charge in [0.05, 0.1) is 5.56 Å². The second kappa shape index (κ2) is 6.47. The van der Waals surface area contributed by atoms with E-state index < -0.39 is 0 Å². The molecule has 3 nitrogen and oxygen atoms in total. The molecule has 0 saturated heterocycles. The van der Waals surface area contributed by atoms with Crippen LogP contribution in [0.25, 0.3) is 6.08 Å². The molecule has 1 N–H and O–H groups in total. The molecule has 0 radical (unpaired) electrons. The van der Waals surface area contributed by atoms with Gasteiger partial charge in [0.2, 0.25) is 5.91 Å². The maximum absolute atomic E-state index is 12.1. The zero-order valence-electron chi connectivity index (χ0n) is 12.3. The van der Waals surface area contributed by atoms with E-state index in [0.29, 0.717) is 16.5 Å². The predicted octanol–water partition coefficient (Wildman–Crippen LogP) is 4.46. The van der Waals surface area contributed by atoms with Crippen LogP contribution in [0.3, 0.4) is 0 Å². The third kappa shape index (κ3) is 3.13. The van der Waals surface area contributed by atoms with Crippen molar-refractivity contribution in [3.63, 3.8) is 0 Å². The Morgan fingerprint density at radius 3 is 3.14 bits per heavy atom. The molecule has 2 aromatic rings. The van der Waals surface area contributed by atoms with Gasteiger partial charge in [0, 0.05) is 15.8 Å². The predicted molar refractivity (Wildman–Crippen MR) is 92.2 cm³/mol. The molecule has 1 unspecified atom stereocenters. The summed E-state index contributed by atoms with van der Waals surface area (Å²) < 4.78 is 0. The lowest BCUT2D eigenvalue weighted by molar-refractivity contribution is -0.111. The van der Waals surface area contributed by atoms with Gasteiger partial charge in [-0.15, -0.1) is 22.7 Å². The summed E-state index contributed by atoms with van der Waals surface area (Å²) in [6.45, 7) is 2.23. The van der Waals surface area contributed by atoms with Crippen LogP contribution in [0, 0.1) is 17.2 Å². The molecule has 0 spiro atoms. The van der Waals surface area contributed by atoms with Crippen LogP contribution in [0.4, 0.5) is 5.00 Å². The first kappa shape index (κ1) is 15.0. The van der Waals surface area contributed by atoms with Crippen LogP contribution in [-0.2, 0) is 17.6 Å². The smallest absolute Gasteiger partial charge is 0.249 e. The van der Waals surface area contributed by atoms with E-state index in [2.05, 4.69) is 18.3 Å². The Hall–Kier alpha value is -1.90. The standard InChI is InChI=1S/C17H16N2OS2/c1-11-4-6-13-14(10-18)17(22-15(13)9-11)19-16(20)7-5-12-3-2-8-21-12/h2-3,5,7-8,11H,4,6,9H2,1H3,(H,19,20)/b7-5+. The van der Waals surface area contributed by atoms with Gasteiger partial charge in [-0.2, -0.15) is 5.26 Å². The van der Waals surface area contributed by atoms with Crippen molar-refractivity contribution in [2.45, 2.75) is 26.2 Å². The number of carbonyl (C=O) groups is 1. The van der Waals surface area contributed by atoms with Crippen molar-refractivity contribution in [3.8, 4) is 6.07 Å². The molecule has 3 rings (SSSR count). The van der Waals surface area contributed by atoms with Crippen LogP contribution in [0.5, 0.6) is 0 Å². The molecule has 0 aliphatic heterocycles. The quantitative estimate of drug-likeness (QED) is 0.846. The Kier molecular flexibility index (Phi) is 4.41. The minimum Gasteiger partial charge on any atom is -0.313 e. The summed E-state index contributed by atoms with van der Waals surface area (Å²) in [5.74, 6) is 0.469. The van der Waals surface area contributed by atoms with Gasteiger partial charge in [0.25, 0.3) is 0 Å². The van der Waals surface area contributed by atoms with Crippen LogP contribution >= 0.6 is 22.7 Å². The molecule has 2 heterocycles. The number of nitrogens with zero attached hydrogens (tertiary/aromatic N) is 1. The number of carbonyl (C=O) groups excluding carboxylic acids is 1. The van der Waals surface area contributed by atoms with Gasteiger partial charge >= 0.3 is 0 Å². The summed E-state index contributed by atoms with van der Waals surface area (Å²) in [7, 11) is 0. The van der Waals surface area contributed by atoms with E-state index in [1.165, 1.54) is 11.0 Å². The third-order valence-corrected chi connectivity index (χ3v) is 5.81. The Morgan fingerprint density at radius 2 is 2.41 bits per heavy atom. The van der Waals surface area contributed by atoms with Gasteiger partial charge in [-0.05, 0) is 48.3 Å². The van der Waals surface area contributed by atoms with Crippen molar-refractivity contribution in [2.24, 2.45) is 5.92 Å². The Balaban J connectivity index is 1.78. The maximum atomic E-state index is 12.1. The number of rotatable bonds is 3. The van der Waals surface area contributed by atoms with Crippen LogP contribution in [0.2, 0.25) is 0 Å². The van der Waals surface area contributed by atoms with Crippen molar-refractivity contribution in [1.82, 2.24) is 0 Å². The van der Waals surface area contributed by atoms with Gasteiger partial charge in [-0.3, -0.25) is 4.79 Å². The largest absolute Gasteiger partial charge is 0.313 e. The molecule has 2 aromatic heterocycles. The van der Waals surface area contributed by atoms with Crippen LogP contribution in [0.1, 0.15) is 34.2 Å². The molecule has 112 valence electrons. The number of amides is 1. The first-order valence-electron chi connectivity index (χ1n) is 7.24. The van der Waals surface area contributed by atoms with E-state index in [4.69, 9.17) is 0 Å². The van der Waals surface area contributed by atoms with Gasteiger partial charge in [-0.25, -0.2) is 0 Å². The molecule has 22 heavy (non-hydrogen) atoms. The highest BCUT2D eigenvalue weighted by molar-refractivity contribution is 7.16. The molecular weight excluding hydrogens is 312 g/mol. The van der Waals surface area contributed by atoms with E-state index in [-0.39, 0.29) is 5.91 Å². The zero-order valence-corrected chi connectivity index (χ0v) is 13.9. The van der Waals surface area contributed by atoms with Crippen LogP contribution < -0.4 is 5.32 Å². The first-order valence-corrected chi connectivity index (χ1v) is 8.94. The molecule has 1 aliphatic rings. The fourth-order valence-electron chi connectivity index (χ4n) is 2.65. The van der Waals surface area contributed by atoms with E-state index in [1.807, 2.05) is 17.5 Å². The van der Waals surface area contributed by atoms with Gasteiger partial charge in [0.1, 0.15) is 11.1 Å². The molecule has 0 bridgehead atoms. The monoisotopic (exact) mass is 328 g/mol. The highest BCUT2D eigenvalue weighted by Crippen LogP contribution is 2.39. The lowest BCUT2D eigenvalue weighted by Crippen LogP contribution is -2.10. The number of anilines is 1. The van der Waals surface area contributed by atoms with E-state index in [1.54, 1.807) is 28.7 Å². The van der Waals surface area contributed by atoms with Gasteiger partial charge < -0.3 is 5.32 Å². The Morgan fingerprint density at radius 1 is 1.55 bits per heavy atom. The number of thiophene rings is 2. The Bertz CT molecular complexity index is 750. The summed E-state index contributed by atoms with van der Waals surface area (Å²) in [5.41, 5.74) is 1.80. The molecule has 0 saturated carbocycles. The first-order chi connectivity index (χ1) is 10.7. The number of nitriles is 1. The fourth-order valence-corrected chi connectivity index (χ4v) is 4.64. The second-order valence-electron chi connectivity index (χ2n) is 5.51. The van der Waals surface area contributed by atoms with Crippen molar-refractivity contribution in [1.29, 1.82) is 5.26 Å². The normalized spacial score (nSPS) is 17.2. The number of hydrogen-bond acceptors (Lipinski definition) is 4. The van der Waals surface area contributed by atoms with E-state index in [0.717, 1.165) is 29.7 Å². The molecular formula is C17H16N2OS2. The fraction of sp³-hybridized carbons (Fsp3) is 0.294. The van der Waals surface area contributed by atoms with Crippen molar-refractivity contribution < 1.29 is 4.79 Å². The maximum Gasteiger partial charge on any atom is 0.249 e. The average molecular weight is 328 g/mol. The lowest BCUT2D eigenvalue weighted by Gasteiger charge is -2.17. The second-order valence-corrected chi connectivity index (χ2v) is 7.59. The van der Waals surface area contributed by atoms with Crippen molar-refractivity contribution in [3.05, 3.63) is 44.5 Å². The molecule has 0 aromatic carbocycles. The number of nitrogens with one attached hydrogen (secondary N) is 1. The SMILES string of the molecule is CC1CCc2c(sc(NC(=O)/C=C/c3cccs3)c2C#N)C1. The van der Waals surface area contributed by atoms with E-state index >= 15 is 0 Å². The Labute approximate surface area is 137 Å². The van der Waals surface area contributed by atoms with Crippen LogP contribution in [-0.4, -0.2) is 5.91 Å². The summed E-state index contributed by atoms with van der Waals surface area (Å²) >= 11 is 3.14. The van der Waals surface area contributed by atoms with Crippen molar-refractivity contribution >= 4 is 39.7 Å². The van der Waals surface area contributed by atoms with Crippen LogP contribution in [0.15, 0.2) is 23.6 Å². The minimum atomic E-state index is -0.184. The highest BCUT2D eigenvalue weighted by atomic mass is 32.1. The summed E-state index contributed by atoms with van der Waals surface area (Å²) in [6, 6.07) is 6.17. The molecule has 1 amide bonds. The number of fused-ring (bicyclic) bond motifs is 1. The minimum absolute atomic E-state index is 0.184. The molecule has 1 aliphatic carbocycles. The van der Waals surface area contributed by atoms with Gasteiger partial charge in [-0.1, -0.05) is 13.0 Å². The summed E-state index contributed by atoms with van der Waals surface area (Å²) in [6.07, 6.45) is 6.38. The summed E-state index contributed by atoms with van der Waals surface area (Å²) in [5, 5.41) is 15.0. The summed E-state index contributed by atoms with van der Waals surface area (Å²) in [4.78, 5) is 14.4. The third-order valence-electron chi connectivity index (χ3n) is 3.80. The topological polar surface area (TPSA) is 52.9 Å². The zero-order chi connectivity index (χ0) is 15.5. The highest BCUT2D eigenvalue weighted by Gasteiger charge is 2.24.